The molecule has 4 fully saturated rings. The van der Waals surface area contributed by atoms with Gasteiger partial charge in [-0.3, -0.25) is 0 Å². The second-order valence-electron chi connectivity index (χ2n) is 11.2. The van der Waals surface area contributed by atoms with Gasteiger partial charge in [0.25, 0.3) is 0 Å². The summed E-state index contributed by atoms with van der Waals surface area (Å²) in [7, 11) is 0. The normalized spacial score (nSPS) is 45.4. The van der Waals surface area contributed by atoms with Crippen LogP contribution in [-0.4, -0.2) is 12.8 Å². The molecule has 31 heavy (non-hydrogen) atoms. The first-order chi connectivity index (χ1) is 15.2. The lowest BCUT2D eigenvalue weighted by Crippen LogP contribution is -2.30. The molecule has 0 aromatic rings. The lowest BCUT2D eigenvalue weighted by molar-refractivity contribution is 0.185. The molecule has 5 rings (SSSR count). The van der Waals surface area contributed by atoms with E-state index in [0.29, 0.717) is 0 Å². The zero-order chi connectivity index (χ0) is 21.5. The molecule has 0 heterocycles. The molecule has 11 atom stereocenters. The number of allylic oxidation sites excluding steroid dienone is 7. The second-order valence-corrected chi connectivity index (χ2v) is 11.2. The summed E-state index contributed by atoms with van der Waals surface area (Å²) in [5.74, 6) is 10.8. The lowest BCUT2D eigenvalue weighted by Gasteiger charge is -2.32. The summed E-state index contributed by atoms with van der Waals surface area (Å²) in [6.07, 6.45) is 24.2. The van der Waals surface area contributed by atoms with Gasteiger partial charge in [-0.1, -0.05) is 50.3 Å². The highest BCUT2D eigenvalue weighted by Crippen LogP contribution is 2.78. The number of hydrogen-bond acceptors (Lipinski definition) is 2. The molecule has 0 radical (unpaired) electrons. The van der Waals surface area contributed by atoms with Crippen molar-refractivity contribution in [1.29, 1.82) is 5.41 Å². The summed E-state index contributed by atoms with van der Waals surface area (Å²) in [5, 5.41) is 7.17. The summed E-state index contributed by atoms with van der Waals surface area (Å²) in [4.78, 5) is 0. The van der Waals surface area contributed by atoms with E-state index in [-0.39, 0.29) is 0 Å². The van der Waals surface area contributed by atoms with Gasteiger partial charge < -0.3 is 11.1 Å². The zero-order valence-corrected chi connectivity index (χ0v) is 19.3. The first-order valence-corrected chi connectivity index (χ1v) is 13.1. The molecule has 2 heteroatoms. The van der Waals surface area contributed by atoms with Crippen molar-refractivity contribution < 1.29 is 0 Å². The van der Waals surface area contributed by atoms with Gasteiger partial charge in [0.2, 0.25) is 0 Å². The van der Waals surface area contributed by atoms with E-state index in [0.717, 1.165) is 90.1 Å². The van der Waals surface area contributed by atoms with E-state index in [2.05, 4.69) is 37.8 Å². The molecule has 4 saturated carbocycles. The topological polar surface area (TPSA) is 49.9 Å². The van der Waals surface area contributed by atoms with Crippen molar-refractivity contribution in [3.8, 4) is 0 Å². The van der Waals surface area contributed by atoms with E-state index in [9.17, 15) is 0 Å². The SMILES string of the molecule is C=C/C(=C\C=N)CC/C=C\CC1C2C(C3C=CC(C4C5CC(C(CC)CN)[C@@H]54)CC3)[C@H]12. The number of fused-ring (bicyclic) bond motifs is 2. The van der Waals surface area contributed by atoms with E-state index in [4.69, 9.17) is 11.1 Å². The van der Waals surface area contributed by atoms with Crippen molar-refractivity contribution in [2.45, 2.75) is 51.9 Å². The van der Waals surface area contributed by atoms with Gasteiger partial charge in [-0.2, -0.15) is 0 Å². The minimum atomic E-state index is 0.790. The van der Waals surface area contributed by atoms with E-state index in [1.807, 2.05) is 12.2 Å². The van der Waals surface area contributed by atoms with Gasteiger partial charge in [0, 0.05) is 6.21 Å². The Hall–Kier alpha value is -1.41. The number of nitrogens with one attached hydrogen (secondary N) is 1. The van der Waals surface area contributed by atoms with Crippen molar-refractivity contribution in [1.82, 2.24) is 0 Å². The first-order valence-electron chi connectivity index (χ1n) is 13.1. The molecule has 2 nitrogen and oxygen atoms in total. The second kappa shape index (κ2) is 8.85. The Morgan fingerprint density at radius 1 is 1.10 bits per heavy atom. The molecule has 5 aliphatic rings. The predicted octanol–water partition coefficient (Wildman–Crippen LogP) is 6.42. The Morgan fingerprint density at radius 2 is 1.84 bits per heavy atom. The Labute approximate surface area is 189 Å². The van der Waals surface area contributed by atoms with Gasteiger partial charge in [0.15, 0.2) is 0 Å². The molecule has 0 aliphatic heterocycles. The molecule has 0 bridgehead atoms. The predicted molar refractivity (Wildman–Crippen MR) is 131 cm³/mol. The lowest BCUT2D eigenvalue weighted by atomic mass is 9.74. The van der Waals surface area contributed by atoms with Crippen LogP contribution in [-0.2, 0) is 0 Å². The Bertz CT molecular complexity index is 762. The van der Waals surface area contributed by atoms with Gasteiger partial charge in [-0.15, -0.1) is 0 Å². The maximum absolute atomic E-state index is 7.17. The largest absolute Gasteiger partial charge is 0.330 e. The molecule has 0 aromatic heterocycles. The van der Waals surface area contributed by atoms with E-state index >= 15 is 0 Å². The zero-order valence-electron chi connectivity index (χ0n) is 19.3. The Kier molecular flexibility index (Phi) is 6.12. The molecule has 168 valence electrons. The van der Waals surface area contributed by atoms with E-state index in [1.54, 1.807) is 0 Å². The van der Waals surface area contributed by atoms with Crippen LogP contribution in [0.4, 0.5) is 0 Å². The number of nitrogens with two attached hydrogens (primary N) is 1. The average molecular weight is 419 g/mol. The Balaban J connectivity index is 1.00. The third-order valence-corrected chi connectivity index (χ3v) is 9.97. The molecule has 9 unspecified atom stereocenters. The number of hydrogen-bond donors (Lipinski definition) is 2. The minimum Gasteiger partial charge on any atom is -0.330 e. The molecule has 0 aromatic carbocycles. The highest BCUT2D eigenvalue weighted by molar-refractivity contribution is 5.69. The van der Waals surface area contributed by atoms with Crippen LogP contribution in [0, 0.1) is 70.5 Å². The number of rotatable bonds is 12. The van der Waals surface area contributed by atoms with Crippen LogP contribution < -0.4 is 5.73 Å². The van der Waals surface area contributed by atoms with Crippen LogP contribution in [0.1, 0.15) is 51.9 Å². The van der Waals surface area contributed by atoms with Crippen molar-refractivity contribution in [2.24, 2.45) is 70.8 Å². The minimum absolute atomic E-state index is 0.790. The van der Waals surface area contributed by atoms with Gasteiger partial charge in [-0.05, 0) is 122 Å². The van der Waals surface area contributed by atoms with Gasteiger partial charge in [0.05, 0.1) is 0 Å². The van der Waals surface area contributed by atoms with Crippen molar-refractivity contribution in [2.75, 3.05) is 6.54 Å². The average Bonchev–Trinajstić information content (AvgIpc) is 3.71. The van der Waals surface area contributed by atoms with Crippen LogP contribution in [0.15, 0.2) is 48.6 Å². The molecular formula is C29H42N2. The molecule has 5 aliphatic carbocycles. The Morgan fingerprint density at radius 3 is 2.45 bits per heavy atom. The highest BCUT2D eigenvalue weighted by Gasteiger charge is 2.73. The molecule has 0 saturated heterocycles. The third kappa shape index (κ3) is 3.94. The smallest absolute Gasteiger partial charge is 0.0180 e. The van der Waals surface area contributed by atoms with E-state index < -0.39 is 0 Å². The van der Waals surface area contributed by atoms with Crippen LogP contribution in [0.5, 0.6) is 0 Å². The van der Waals surface area contributed by atoms with Gasteiger partial charge >= 0.3 is 0 Å². The van der Waals surface area contributed by atoms with Gasteiger partial charge in [0.1, 0.15) is 0 Å². The maximum Gasteiger partial charge on any atom is 0.0180 e. The fourth-order valence-corrected chi connectivity index (χ4v) is 7.98. The monoisotopic (exact) mass is 418 g/mol. The summed E-state index contributed by atoms with van der Waals surface area (Å²) in [6, 6.07) is 0. The molecule has 0 amide bonds. The summed E-state index contributed by atoms with van der Waals surface area (Å²) < 4.78 is 0. The standard InChI is InChI=1S/C29H42N2/c1-3-18(14-15-30)8-6-5-7-9-22-28-26(29(22)28)21-12-10-20(11-13-21)25-24-16-23(27(24)25)19(4-2)17-31/h3,5,7,10,12,14-15,19-30H,1,4,6,8-9,11,13,16-17,31H2,2H3/b7-5-,18-14+,30-15?/t19?,20?,21?,22?,23?,24?,25?,26?,27-,28-,29?/m0/s1. The van der Waals surface area contributed by atoms with Crippen LogP contribution in [0.3, 0.4) is 0 Å². The van der Waals surface area contributed by atoms with Crippen LogP contribution in [0.25, 0.3) is 0 Å². The van der Waals surface area contributed by atoms with Crippen LogP contribution in [0.2, 0.25) is 0 Å². The first kappa shape index (κ1) is 21.4. The molecule has 3 N–H and O–H groups in total. The fraction of sp³-hybridized carbons (Fsp3) is 0.690. The quantitative estimate of drug-likeness (QED) is 0.214. The third-order valence-electron chi connectivity index (χ3n) is 9.97. The van der Waals surface area contributed by atoms with E-state index in [1.165, 1.54) is 38.3 Å². The summed E-state index contributed by atoms with van der Waals surface area (Å²) in [5.41, 5.74) is 7.19. The summed E-state index contributed by atoms with van der Waals surface area (Å²) >= 11 is 0. The highest BCUT2D eigenvalue weighted by atomic mass is 14.8. The van der Waals surface area contributed by atoms with Crippen molar-refractivity contribution in [3.05, 3.63) is 48.6 Å². The molecular weight excluding hydrogens is 376 g/mol. The summed E-state index contributed by atoms with van der Waals surface area (Å²) in [6.45, 7) is 7.05. The maximum atomic E-state index is 7.17. The van der Waals surface area contributed by atoms with Crippen molar-refractivity contribution >= 4 is 6.21 Å². The van der Waals surface area contributed by atoms with Gasteiger partial charge in [-0.25, -0.2) is 0 Å². The van der Waals surface area contributed by atoms with Crippen LogP contribution >= 0.6 is 0 Å². The molecule has 0 spiro atoms. The van der Waals surface area contributed by atoms with Crippen molar-refractivity contribution in [3.63, 3.8) is 0 Å². The fourth-order valence-electron chi connectivity index (χ4n) is 7.98.